The predicted octanol–water partition coefficient (Wildman–Crippen LogP) is 4.89. The lowest BCUT2D eigenvalue weighted by molar-refractivity contribution is -0.116. The van der Waals surface area contributed by atoms with Crippen LogP contribution in [0.3, 0.4) is 0 Å². The number of nitrogens with one attached hydrogen (secondary N) is 1. The van der Waals surface area contributed by atoms with Crippen LogP contribution in [-0.4, -0.2) is 19.1 Å². The molecule has 0 aliphatic heterocycles. The number of ether oxygens (including phenoxy) is 2. The number of carbonyl (C=O) groups is 1. The van der Waals surface area contributed by atoms with Gasteiger partial charge in [-0.25, -0.2) is 0 Å². The van der Waals surface area contributed by atoms with E-state index in [9.17, 15) is 4.79 Å². The topological polar surface area (TPSA) is 47.6 Å². The highest BCUT2D eigenvalue weighted by atomic mass is 35.5. The number of para-hydroxylation sites is 3. The van der Waals surface area contributed by atoms with Crippen LogP contribution in [0.2, 0.25) is 5.02 Å². The lowest BCUT2D eigenvalue weighted by Gasteiger charge is -2.13. The molecule has 2 aromatic rings. The molecule has 0 saturated carbocycles. The molecule has 0 unspecified atom stereocenters. The second kappa shape index (κ2) is 9.18. The molecule has 0 aliphatic rings. The third-order valence-electron chi connectivity index (χ3n) is 3.11. The fraction of sp³-hybridized carbons (Fsp3) is 0.278. The van der Waals surface area contributed by atoms with Crippen molar-refractivity contribution in [2.45, 2.75) is 19.8 Å². The maximum absolute atomic E-state index is 12.0. The van der Waals surface area contributed by atoms with Crippen molar-refractivity contribution in [2.24, 2.45) is 0 Å². The number of rotatable bonds is 8. The fourth-order valence-electron chi connectivity index (χ4n) is 2.00. The number of benzene rings is 2. The van der Waals surface area contributed by atoms with Gasteiger partial charge in [-0.3, -0.25) is 4.79 Å². The Morgan fingerprint density at radius 3 is 2.52 bits per heavy atom. The largest absolute Gasteiger partial charge is 0.454 e. The number of amides is 1. The fourth-order valence-corrected chi connectivity index (χ4v) is 2.17. The molecule has 0 atom stereocenters. The van der Waals surface area contributed by atoms with E-state index in [1.54, 1.807) is 24.3 Å². The maximum atomic E-state index is 12.0. The number of carbonyl (C=O) groups excluding carboxylic acids is 1. The summed E-state index contributed by atoms with van der Waals surface area (Å²) in [5, 5.41) is 3.38. The number of hydrogen-bond acceptors (Lipinski definition) is 3. The molecule has 0 fully saturated rings. The molecular formula is C18H20ClNO3. The van der Waals surface area contributed by atoms with E-state index in [0.717, 1.165) is 0 Å². The molecule has 23 heavy (non-hydrogen) atoms. The summed E-state index contributed by atoms with van der Waals surface area (Å²) >= 11 is 6.10. The van der Waals surface area contributed by atoms with Crippen molar-refractivity contribution in [1.29, 1.82) is 0 Å². The van der Waals surface area contributed by atoms with E-state index in [1.165, 1.54) is 0 Å². The van der Waals surface area contributed by atoms with Crippen LogP contribution in [0.4, 0.5) is 5.69 Å². The predicted molar refractivity (Wildman–Crippen MR) is 92.3 cm³/mol. The van der Waals surface area contributed by atoms with Crippen molar-refractivity contribution in [3.63, 3.8) is 0 Å². The second-order valence-corrected chi connectivity index (χ2v) is 5.28. The maximum Gasteiger partial charge on any atom is 0.224 e. The summed E-state index contributed by atoms with van der Waals surface area (Å²) in [7, 11) is 0. The van der Waals surface area contributed by atoms with Gasteiger partial charge >= 0.3 is 0 Å². The molecule has 5 heteroatoms. The monoisotopic (exact) mass is 333 g/mol. The number of anilines is 1. The van der Waals surface area contributed by atoms with Crippen molar-refractivity contribution in [3.05, 3.63) is 53.6 Å². The summed E-state index contributed by atoms with van der Waals surface area (Å²) in [5.41, 5.74) is 0.619. The first kappa shape index (κ1) is 17.3. The van der Waals surface area contributed by atoms with Gasteiger partial charge in [0.15, 0.2) is 5.75 Å². The van der Waals surface area contributed by atoms with E-state index >= 15 is 0 Å². The van der Waals surface area contributed by atoms with Gasteiger partial charge in [-0.1, -0.05) is 35.9 Å². The first-order valence-corrected chi connectivity index (χ1v) is 7.97. The van der Waals surface area contributed by atoms with Crippen LogP contribution < -0.4 is 10.1 Å². The molecule has 4 nitrogen and oxygen atoms in total. The summed E-state index contributed by atoms with van der Waals surface area (Å²) in [6, 6.07) is 14.5. The average molecular weight is 334 g/mol. The molecule has 2 aromatic carbocycles. The van der Waals surface area contributed by atoms with Crippen molar-refractivity contribution < 1.29 is 14.3 Å². The SMILES string of the molecule is CCOCCCC(=O)Nc1ccccc1Oc1ccccc1Cl. The van der Waals surface area contributed by atoms with Gasteiger partial charge in [0, 0.05) is 19.6 Å². The summed E-state index contributed by atoms with van der Waals surface area (Å²) in [6.45, 7) is 3.18. The second-order valence-electron chi connectivity index (χ2n) is 4.88. The molecule has 0 spiro atoms. The molecule has 0 heterocycles. The molecule has 1 N–H and O–H groups in total. The highest BCUT2D eigenvalue weighted by Gasteiger charge is 2.09. The first-order chi connectivity index (χ1) is 11.2. The van der Waals surface area contributed by atoms with E-state index in [1.807, 2.05) is 31.2 Å². The van der Waals surface area contributed by atoms with Crippen LogP contribution in [0, 0.1) is 0 Å². The van der Waals surface area contributed by atoms with Crippen LogP contribution in [-0.2, 0) is 9.53 Å². The lowest BCUT2D eigenvalue weighted by Crippen LogP contribution is -2.12. The van der Waals surface area contributed by atoms with Gasteiger partial charge in [-0.15, -0.1) is 0 Å². The van der Waals surface area contributed by atoms with Crippen molar-refractivity contribution in [2.75, 3.05) is 18.5 Å². The van der Waals surface area contributed by atoms with E-state index in [4.69, 9.17) is 21.1 Å². The van der Waals surface area contributed by atoms with Crippen LogP contribution >= 0.6 is 11.6 Å². The lowest BCUT2D eigenvalue weighted by atomic mass is 10.2. The van der Waals surface area contributed by atoms with Gasteiger partial charge in [-0.2, -0.15) is 0 Å². The van der Waals surface area contributed by atoms with Crippen molar-refractivity contribution in [1.82, 2.24) is 0 Å². The molecule has 122 valence electrons. The zero-order chi connectivity index (χ0) is 16.5. The minimum Gasteiger partial charge on any atom is -0.454 e. The third-order valence-corrected chi connectivity index (χ3v) is 3.43. The minimum absolute atomic E-state index is 0.0695. The van der Waals surface area contributed by atoms with Gasteiger partial charge in [0.1, 0.15) is 5.75 Å². The Kier molecular flexibility index (Phi) is 6.91. The molecule has 2 rings (SSSR count). The van der Waals surface area contributed by atoms with Crippen LogP contribution in [0.15, 0.2) is 48.5 Å². The Labute approximate surface area is 141 Å². The van der Waals surface area contributed by atoms with Gasteiger partial charge < -0.3 is 14.8 Å². The molecular weight excluding hydrogens is 314 g/mol. The summed E-state index contributed by atoms with van der Waals surface area (Å²) in [4.78, 5) is 12.0. The number of hydrogen-bond donors (Lipinski definition) is 1. The molecule has 0 aliphatic carbocycles. The zero-order valence-electron chi connectivity index (χ0n) is 13.0. The Bertz CT molecular complexity index is 646. The van der Waals surface area contributed by atoms with E-state index in [2.05, 4.69) is 5.32 Å². The molecule has 1 amide bonds. The minimum atomic E-state index is -0.0695. The van der Waals surface area contributed by atoms with Gasteiger partial charge in [0.25, 0.3) is 0 Å². The van der Waals surface area contributed by atoms with Crippen molar-refractivity contribution in [3.8, 4) is 11.5 Å². The summed E-state index contributed by atoms with van der Waals surface area (Å²) in [6.07, 6.45) is 1.09. The van der Waals surface area contributed by atoms with Crippen LogP contribution in [0.5, 0.6) is 11.5 Å². The highest BCUT2D eigenvalue weighted by molar-refractivity contribution is 6.32. The third kappa shape index (κ3) is 5.58. The normalized spacial score (nSPS) is 10.3. The summed E-state index contributed by atoms with van der Waals surface area (Å²) in [5.74, 6) is 1.03. The molecule has 0 bridgehead atoms. The van der Waals surface area contributed by atoms with Gasteiger partial charge in [-0.05, 0) is 37.6 Å². The average Bonchev–Trinajstić information content (AvgIpc) is 2.55. The van der Waals surface area contributed by atoms with Crippen LogP contribution in [0.25, 0.3) is 0 Å². The van der Waals surface area contributed by atoms with Gasteiger partial charge in [0.2, 0.25) is 5.91 Å². The standard InChI is InChI=1S/C18H20ClNO3/c1-2-22-13-7-12-18(21)20-15-9-4-6-11-17(15)23-16-10-5-3-8-14(16)19/h3-6,8-11H,2,7,12-13H2,1H3,(H,20,21). The molecule has 0 saturated heterocycles. The van der Waals surface area contributed by atoms with Crippen LogP contribution in [0.1, 0.15) is 19.8 Å². The highest BCUT2D eigenvalue weighted by Crippen LogP contribution is 2.33. The Morgan fingerprint density at radius 1 is 1.09 bits per heavy atom. The Hall–Kier alpha value is -2.04. The smallest absolute Gasteiger partial charge is 0.224 e. The Balaban J connectivity index is 2.00. The van der Waals surface area contributed by atoms with E-state index in [0.29, 0.717) is 48.3 Å². The van der Waals surface area contributed by atoms with Gasteiger partial charge in [0.05, 0.1) is 10.7 Å². The Morgan fingerprint density at radius 2 is 1.78 bits per heavy atom. The quantitative estimate of drug-likeness (QED) is 0.700. The molecule has 0 aromatic heterocycles. The number of halogens is 1. The van der Waals surface area contributed by atoms with E-state index in [-0.39, 0.29) is 5.91 Å². The molecule has 0 radical (unpaired) electrons. The summed E-state index contributed by atoms with van der Waals surface area (Å²) < 4.78 is 11.0. The zero-order valence-corrected chi connectivity index (χ0v) is 13.8. The van der Waals surface area contributed by atoms with Crippen molar-refractivity contribution >= 4 is 23.2 Å². The van der Waals surface area contributed by atoms with E-state index < -0.39 is 0 Å². The first-order valence-electron chi connectivity index (χ1n) is 7.59.